The van der Waals surface area contributed by atoms with Gasteiger partial charge in [0.15, 0.2) is 5.96 Å². The molecular weight excluding hydrogens is 294 g/mol. The van der Waals surface area contributed by atoms with Crippen LogP contribution in [0.5, 0.6) is 0 Å². The van der Waals surface area contributed by atoms with Crippen LogP contribution in [0.2, 0.25) is 0 Å². The summed E-state index contributed by atoms with van der Waals surface area (Å²) in [6.07, 6.45) is 3.26. The number of aliphatic imine (C=N–C) groups is 1. The number of carbonyl (C=O) groups excluding carboxylic acids is 1. The van der Waals surface area contributed by atoms with Crippen molar-refractivity contribution in [2.75, 3.05) is 66.6 Å². The molecule has 0 radical (unpaired) electrons. The molecule has 1 aliphatic rings. The number of carbonyl (C=O) groups is 1. The average molecular weight is 327 g/mol. The van der Waals surface area contributed by atoms with Gasteiger partial charge in [-0.25, -0.2) is 4.99 Å². The van der Waals surface area contributed by atoms with Gasteiger partial charge < -0.3 is 25.2 Å². The maximum Gasteiger partial charge on any atom is 0.244 e. The molecule has 0 bridgehead atoms. The molecule has 1 saturated heterocycles. The van der Waals surface area contributed by atoms with E-state index >= 15 is 0 Å². The van der Waals surface area contributed by atoms with Crippen LogP contribution in [0.1, 0.15) is 26.2 Å². The van der Waals surface area contributed by atoms with E-state index in [0.717, 1.165) is 65.1 Å². The standard InChI is InChI=1S/C16H33N5O2/c1-4-17-16(18-8-12-20(2)9-7-13-23-3)19-14-15(22)21-10-5-6-11-21/h4-14H2,1-3H3,(H2,17,18,19). The van der Waals surface area contributed by atoms with Gasteiger partial charge in [0.05, 0.1) is 0 Å². The number of hydrogen-bond acceptors (Lipinski definition) is 4. The van der Waals surface area contributed by atoms with Gasteiger partial charge in [-0.3, -0.25) is 4.79 Å². The zero-order valence-electron chi connectivity index (χ0n) is 14.9. The fraction of sp³-hybridized carbons (Fsp3) is 0.875. The molecule has 1 heterocycles. The van der Waals surface area contributed by atoms with E-state index < -0.39 is 0 Å². The van der Waals surface area contributed by atoms with Gasteiger partial charge in [-0.2, -0.15) is 0 Å². The lowest BCUT2D eigenvalue weighted by Gasteiger charge is -2.18. The Bertz CT molecular complexity index is 356. The van der Waals surface area contributed by atoms with E-state index in [4.69, 9.17) is 4.74 Å². The SMILES string of the molecule is CCNC(=NCC(=O)N1CCCC1)NCCN(C)CCCOC. The Kier molecular flexibility index (Phi) is 10.4. The smallest absolute Gasteiger partial charge is 0.244 e. The summed E-state index contributed by atoms with van der Waals surface area (Å²) in [5, 5.41) is 6.47. The second-order valence-corrected chi connectivity index (χ2v) is 5.86. The Hall–Kier alpha value is -1.34. The number of methoxy groups -OCH3 is 1. The highest BCUT2D eigenvalue weighted by Crippen LogP contribution is 2.07. The molecular formula is C16H33N5O2. The van der Waals surface area contributed by atoms with Crippen molar-refractivity contribution >= 4 is 11.9 Å². The third-order valence-electron chi connectivity index (χ3n) is 3.85. The topological polar surface area (TPSA) is 69.2 Å². The highest BCUT2D eigenvalue weighted by atomic mass is 16.5. The zero-order valence-corrected chi connectivity index (χ0v) is 14.9. The van der Waals surface area contributed by atoms with E-state index in [9.17, 15) is 4.79 Å². The van der Waals surface area contributed by atoms with Crippen LogP contribution >= 0.6 is 0 Å². The third-order valence-corrected chi connectivity index (χ3v) is 3.85. The van der Waals surface area contributed by atoms with Crippen LogP contribution in [0.15, 0.2) is 4.99 Å². The molecule has 0 aromatic rings. The van der Waals surface area contributed by atoms with Crippen molar-refractivity contribution in [3.05, 3.63) is 0 Å². The number of guanidine groups is 1. The highest BCUT2D eigenvalue weighted by Gasteiger charge is 2.17. The van der Waals surface area contributed by atoms with Gasteiger partial charge in [0, 0.05) is 53.0 Å². The molecule has 7 nitrogen and oxygen atoms in total. The van der Waals surface area contributed by atoms with Gasteiger partial charge in [-0.05, 0) is 33.2 Å². The molecule has 1 rings (SSSR count). The van der Waals surface area contributed by atoms with Crippen molar-refractivity contribution < 1.29 is 9.53 Å². The molecule has 0 spiro atoms. The number of likely N-dealkylation sites (N-methyl/N-ethyl adjacent to an activating group) is 1. The van der Waals surface area contributed by atoms with Crippen LogP contribution in [-0.4, -0.2) is 88.2 Å². The summed E-state index contributed by atoms with van der Waals surface area (Å²) in [6, 6.07) is 0. The Balaban J connectivity index is 2.27. The number of ether oxygens (including phenoxy) is 1. The monoisotopic (exact) mass is 327 g/mol. The maximum atomic E-state index is 12.0. The van der Waals surface area contributed by atoms with E-state index in [1.165, 1.54) is 0 Å². The van der Waals surface area contributed by atoms with Crippen LogP contribution in [0, 0.1) is 0 Å². The molecule has 23 heavy (non-hydrogen) atoms. The first kappa shape index (κ1) is 19.7. The van der Waals surface area contributed by atoms with Gasteiger partial charge in [-0.1, -0.05) is 0 Å². The highest BCUT2D eigenvalue weighted by molar-refractivity contribution is 5.85. The summed E-state index contributed by atoms with van der Waals surface area (Å²) in [5.41, 5.74) is 0. The van der Waals surface area contributed by atoms with Gasteiger partial charge in [0.2, 0.25) is 5.91 Å². The second kappa shape index (κ2) is 12.1. The molecule has 0 unspecified atom stereocenters. The minimum Gasteiger partial charge on any atom is -0.385 e. The van der Waals surface area contributed by atoms with Crippen molar-refractivity contribution in [3.8, 4) is 0 Å². The number of amides is 1. The molecule has 7 heteroatoms. The first-order chi connectivity index (χ1) is 11.2. The Morgan fingerprint density at radius 1 is 1.26 bits per heavy atom. The van der Waals surface area contributed by atoms with Crippen LogP contribution in [-0.2, 0) is 9.53 Å². The molecule has 0 aromatic heterocycles. The van der Waals surface area contributed by atoms with E-state index in [0.29, 0.717) is 5.96 Å². The van der Waals surface area contributed by atoms with Crippen molar-refractivity contribution in [1.82, 2.24) is 20.4 Å². The lowest BCUT2D eigenvalue weighted by molar-refractivity contribution is -0.128. The zero-order chi connectivity index (χ0) is 16.9. The third kappa shape index (κ3) is 8.76. The fourth-order valence-electron chi connectivity index (χ4n) is 2.51. The van der Waals surface area contributed by atoms with E-state index in [1.54, 1.807) is 7.11 Å². The average Bonchev–Trinajstić information content (AvgIpc) is 3.07. The first-order valence-electron chi connectivity index (χ1n) is 8.64. The lowest BCUT2D eigenvalue weighted by atomic mass is 10.4. The van der Waals surface area contributed by atoms with E-state index in [1.807, 2.05) is 11.8 Å². The predicted octanol–water partition coefficient (Wildman–Crippen LogP) is 0.132. The minimum atomic E-state index is 0.122. The van der Waals surface area contributed by atoms with Gasteiger partial charge in [0.1, 0.15) is 6.54 Å². The van der Waals surface area contributed by atoms with Gasteiger partial charge >= 0.3 is 0 Å². The summed E-state index contributed by atoms with van der Waals surface area (Å²) in [4.78, 5) is 20.6. The summed E-state index contributed by atoms with van der Waals surface area (Å²) in [5.74, 6) is 0.835. The molecule has 0 atom stereocenters. The Morgan fingerprint density at radius 2 is 2.00 bits per heavy atom. The van der Waals surface area contributed by atoms with Crippen LogP contribution < -0.4 is 10.6 Å². The molecule has 0 aromatic carbocycles. The molecule has 0 aliphatic carbocycles. The van der Waals surface area contributed by atoms with Crippen molar-refractivity contribution in [2.45, 2.75) is 26.2 Å². The largest absolute Gasteiger partial charge is 0.385 e. The number of nitrogens with one attached hydrogen (secondary N) is 2. The van der Waals surface area contributed by atoms with Crippen molar-refractivity contribution in [2.24, 2.45) is 4.99 Å². The van der Waals surface area contributed by atoms with Crippen LogP contribution in [0.3, 0.4) is 0 Å². The predicted molar refractivity (Wildman–Crippen MR) is 93.8 cm³/mol. The van der Waals surface area contributed by atoms with Gasteiger partial charge in [-0.15, -0.1) is 0 Å². The molecule has 1 fully saturated rings. The summed E-state index contributed by atoms with van der Waals surface area (Å²) in [6.45, 7) is 8.32. The quantitative estimate of drug-likeness (QED) is 0.339. The van der Waals surface area contributed by atoms with Crippen molar-refractivity contribution in [1.29, 1.82) is 0 Å². The molecule has 0 saturated carbocycles. The first-order valence-corrected chi connectivity index (χ1v) is 8.64. The number of rotatable bonds is 10. The lowest BCUT2D eigenvalue weighted by Crippen LogP contribution is -2.42. The number of nitrogens with zero attached hydrogens (tertiary/aromatic N) is 3. The Morgan fingerprint density at radius 3 is 2.65 bits per heavy atom. The van der Waals surface area contributed by atoms with Crippen LogP contribution in [0.25, 0.3) is 0 Å². The molecule has 1 amide bonds. The van der Waals surface area contributed by atoms with Crippen LogP contribution in [0.4, 0.5) is 0 Å². The summed E-state index contributed by atoms with van der Waals surface area (Å²) >= 11 is 0. The normalized spacial score (nSPS) is 15.3. The Labute approximate surface area is 140 Å². The molecule has 2 N–H and O–H groups in total. The van der Waals surface area contributed by atoms with Gasteiger partial charge in [0.25, 0.3) is 0 Å². The summed E-state index contributed by atoms with van der Waals surface area (Å²) in [7, 11) is 3.82. The molecule has 1 aliphatic heterocycles. The molecule has 134 valence electrons. The summed E-state index contributed by atoms with van der Waals surface area (Å²) < 4.78 is 5.06. The fourth-order valence-corrected chi connectivity index (χ4v) is 2.51. The van der Waals surface area contributed by atoms with E-state index in [2.05, 4.69) is 27.6 Å². The minimum absolute atomic E-state index is 0.122. The second-order valence-electron chi connectivity index (χ2n) is 5.86. The van der Waals surface area contributed by atoms with E-state index in [-0.39, 0.29) is 12.5 Å². The number of likely N-dealkylation sites (tertiary alicyclic amines) is 1. The van der Waals surface area contributed by atoms with Crippen molar-refractivity contribution in [3.63, 3.8) is 0 Å². The maximum absolute atomic E-state index is 12.0. The number of hydrogen-bond donors (Lipinski definition) is 2.